The maximum atomic E-state index is 11.9. The Balaban J connectivity index is 1.82. The van der Waals surface area contributed by atoms with Crippen molar-refractivity contribution < 1.29 is 4.79 Å². The van der Waals surface area contributed by atoms with Crippen LogP contribution in [-0.2, 0) is 17.8 Å². The van der Waals surface area contributed by atoms with Crippen molar-refractivity contribution in [3.8, 4) is 0 Å². The van der Waals surface area contributed by atoms with Crippen LogP contribution in [0.25, 0.3) is 0 Å². The van der Waals surface area contributed by atoms with Gasteiger partial charge in [-0.3, -0.25) is 4.79 Å². The molecule has 0 bridgehead atoms. The molecule has 2 nitrogen and oxygen atoms in total. The van der Waals surface area contributed by atoms with E-state index in [0.717, 1.165) is 11.1 Å². The van der Waals surface area contributed by atoms with Crippen molar-refractivity contribution >= 4 is 29.9 Å². The Morgan fingerprint density at radius 1 is 1.22 bits per heavy atom. The van der Waals surface area contributed by atoms with Gasteiger partial charge in [0.05, 0.1) is 5.25 Å². The van der Waals surface area contributed by atoms with Gasteiger partial charge in [-0.05, 0) is 34.4 Å². The molecule has 1 amide bonds. The SMILES string of the molecule is O=C(NCc1ccsc1)C(S)Cc1ccccc1. The highest BCUT2D eigenvalue weighted by atomic mass is 32.1. The maximum Gasteiger partial charge on any atom is 0.233 e. The summed E-state index contributed by atoms with van der Waals surface area (Å²) in [7, 11) is 0. The fourth-order valence-electron chi connectivity index (χ4n) is 1.63. The highest BCUT2D eigenvalue weighted by Gasteiger charge is 2.13. The van der Waals surface area contributed by atoms with Crippen LogP contribution in [0.1, 0.15) is 11.1 Å². The second-order valence-corrected chi connectivity index (χ2v) is 5.46. The Hall–Kier alpha value is -1.26. The highest BCUT2D eigenvalue weighted by Crippen LogP contribution is 2.09. The van der Waals surface area contributed by atoms with Gasteiger partial charge in [0, 0.05) is 6.54 Å². The number of nitrogens with one attached hydrogen (secondary N) is 1. The van der Waals surface area contributed by atoms with Gasteiger partial charge in [-0.15, -0.1) is 0 Å². The van der Waals surface area contributed by atoms with Gasteiger partial charge in [0.25, 0.3) is 0 Å². The van der Waals surface area contributed by atoms with E-state index in [1.165, 1.54) is 0 Å². The number of carbonyl (C=O) groups is 1. The van der Waals surface area contributed by atoms with Gasteiger partial charge in [-0.25, -0.2) is 0 Å². The first-order chi connectivity index (χ1) is 8.75. The molecule has 1 atom stereocenters. The molecule has 0 saturated carbocycles. The van der Waals surface area contributed by atoms with Crippen molar-refractivity contribution in [2.24, 2.45) is 0 Å². The molecule has 2 aromatic rings. The summed E-state index contributed by atoms with van der Waals surface area (Å²) >= 11 is 5.99. The smallest absolute Gasteiger partial charge is 0.233 e. The van der Waals surface area contributed by atoms with Crippen molar-refractivity contribution in [3.63, 3.8) is 0 Å². The molecule has 0 aliphatic rings. The summed E-state index contributed by atoms with van der Waals surface area (Å²) in [5.74, 6) is -0.0200. The molecule has 0 saturated heterocycles. The third-order valence-corrected chi connectivity index (χ3v) is 3.77. The van der Waals surface area contributed by atoms with Gasteiger partial charge in [0.1, 0.15) is 0 Å². The highest BCUT2D eigenvalue weighted by molar-refractivity contribution is 7.81. The molecule has 0 aliphatic heterocycles. The van der Waals surface area contributed by atoms with E-state index in [0.29, 0.717) is 13.0 Å². The number of rotatable bonds is 5. The lowest BCUT2D eigenvalue weighted by molar-refractivity contribution is -0.120. The third-order valence-electron chi connectivity index (χ3n) is 2.62. The third kappa shape index (κ3) is 3.89. The average Bonchev–Trinajstić information content (AvgIpc) is 2.90. The fourth-order valence-corrected chi connectivity index (χ4v) is 2.60. The van der Waals surface area contributed by atoms with E-state index in [9.17, 15) is 4.79 Å². The van der Waals surface area contributed by atoms with E-state index >= 15 is 0 Å². The van der Waals surface area contributed by atoms with Crippen molar-refractivity contribution in [1.82, 2.24) is 5.32 Å². The Bertz CT molecular complexity index is 482. The Morgan fingerprint density at radius 3 is 2.67 bits per heavy atom. The number of carbonyl (C=O) groups excluding carboxylic acids is 1. The van der Waals surface area contributed by atoms with Crippen LogP contribution in [0.15, 0.2) is 47.2 Å². The van der Waals surface area contributed by atoms with E-state index in [1.54, 1.807) is 11.3 Å². The van der Waals surface area contributed by atoms with Crippen LogP contribution in [0.2, 0.25) is 0 Å². The molecule has 1 unspecified atom stereocenters. The Morgan fingerprint density at radius 2 is 2.00 bits per heavy atom. The zero-order chi connectivity index (χ0) is 12.8. The largest absolute Gasteiger partial charge is 0.351 e. The fraction of sp³-hybridized carbons (Fsp3) is 0.214. The standard InChI is InChI=1S/C14H15NOS2/c16-14(15-9-12-6-7-18-10-12)13(17)8-11-4-2-1-3-5-11/h1-7,10,13,17H,8-9H2,(H,15,16). The van der Waals surface area contributed by atoms with Crippen molar-refractivity contribution in [1.29, 1.82) is 0 Å². The average molecular weight is 277 g/mol. The Kier molecular flexibility index (Phi) is 4.84. The van der Waals surface area contributed by atoms with Gasteiger partial charge >= 0.3 is 0 Å². The molecule has 1 N–H and O–H groups in total. The second-order valence-electron chi connectivity index (χ2n) is 4.05. The number of thiol groups is 1. The summed E-state index contributed by atoms with van der Waals surface area (Å²) in [4.78, 5) is 11.9. The lowest BCUT2D eigenvalue weighted by Gasteiger charge is -2.11. The molecule has 94 valence electrons. The van der Waals surface area contributed by atoms with E-state index in [1.807, 2.05) is 47.2 Å². The van der Waals surface area contributed by atoms with Crippen LogP contribution in [-0.4, -0.2) is 11.2 Å². The van der Waals surface area contributed by atoms with Gasteiger partial charge in [-0.1, -0.05) is 30.3 Å². The predicted octanol–water partition coefficient (Wildman–Crippen LogP) is 2.91. The zero-order valence-electron chi connectivity index (χ0n) is 9.87. The van der Waals surface area contributed by atoms with Crippen LogP contribution in [0.3, 0.4) is 0 Å². The van der Waals surface area contributed by atoms with E-state index < -0.39 is 0 Å². The van der Waals surface area contributed by atoms with Crippen LogP contribution in [0.5, 0.6) is 0 Å². The van der Waals surface area contributed by atoms with E-state index in [-0.39, 0.29) is 11.2 Å². The van der Waals surface area contributed by atoms with Crippen LogP contribution in [0.4, 0.5) is 0 Å². The number of amides is 1. The maximum absolute atomic E-state index is 11.9. The van der Waals surface area contributed by atoms with E-state index in [2.05, 4.69) is 17.9 Å². The molecule has 1 heterocycles. The monoisotopic (exact) mass is 277 g/mol. The van der Waals surface area contributed by atoms with Gasteiger partial charge < -0.3 is 5.32 Å². The molecule has 4 heteroatoms. The lowest BCUT2D eigenvalue weighted by Crippen LogP contribution is -2.32. The molecule has 1 aromatic carbocycles. The molecule has 2 rings (SSSR count). The second kappa shape index (κ2) is 6.61. The first kappa shape index (κ1) is 13.2. The summed E-state index contributed by atoms with van der Waals surface area (Å²) in [6, 6.07) is 11.9. The molecule has 1 aromatic heterocycles. The summed E-state index contributed by atoms with van der Waals surface area (Å²) in [5, 5.41) is 6.63. The van der Waals surface area contributed by atoms with Gasteiger partial charge in [0.15, 0.2) is 0 Å². The predicted molar refractivity (Wildman–Crippen MR) is 79.1 cm³/mol. The number of hydrogen-bond acceptors (Lipinski definition) is 3. The van der Waals surface area contributed by atoms with E-state index in [4.69, 9.17) is 0 Å². The molecule has 0 spiro atoms. The minimum atomic E-state index is -0.300. The zero-order valence-corrected chi connectivity index (χ0v) is 11.6. The molecular weight excluding hydrogens is 262 g/mol. The first-order valence-electron chi connectivity index (χ1n) is 5.76. The minimum Gasteiger partial charge on any atom is -0.351 e. The summed E-state index contributed by atoms with van der Waals surface area (Å²) in [6.07, 6.45) is 0.652. The number of thiophene rings is 1. The first-order valence-corrected chi connectivity index (χ1v) is 7.22. The molecule has 18 heavy (non-hydrogen) atoms. The van der Waals surface area contributed by atoms with Crippen molar-refractivity contribution in [3.05, 3.63) is 58.3 Å². The van der Waals surface area contributed by atoms with Crippen LogP contribution in [0, 0.1) is 0 Å². The summed E-state index contributed by atoms with van der Waals surface area (Å²) < 4.78 is 0. The summed E-state index contributed by atoms with van der Waals surface area (Å²) in [6.45, 7) is 0.578. The molecule has 0 aliphatic carbocycles. The number of benzene rings is 1. The number of hydrogen-bond donors (Lipinski definition) is 2. The quantitative estimate of drug-likeness (QED) is 0.809. The van der Waals surface area contributed by atoms with Crippen molar-refractivity contribution in [2.75, 3.05) is 0 Å². The minimum absolute atomic E-state index is 0.0200. The molecule has 0 fully saturated rings. The summed E-state index contributed by atoms with van der Waals surface area (Å²) in [5.41, 5.74) is 2.26. The van der Waals surface area contributed by atoms with Gasteiger partial charge in [-0.2, -0.15) is 24.0 Å². The topological polar surface area (TPSA) is 29.1 Å². The normalized spacial score (nSPS) is 12.1. The van der Waals surface area contributed by atoms with Crippen LogP contribution >= 0.6 is 24.0 Å². The van der Waals surface area contributed by atoms with Crippen LogP contribution < -0.4 is 5.32 Å². The molecule has 0 radical (unpaired) electrons. The van der Waals surface area contributed by atoms with Crippen molar-refractivity contribution in [2.45, 2.75) is 18.2 Å². The van der Waals surface area contributed by atoms with Gasteiger partial charge in [0.2, 0.25) is 5.91 Å². The Labute approximate surface area is 116 Å². The lowest BCUT2D eigenvalue weighted by atomic mass is 10.1. The molecular formula is C14H15NOS2.